The third kappa shape index (κ3) is 3.74. The van der Waals surface area contributed by atoms with Gasteiger partial charge in [-0.05, 0) is 31.5 Å². The van der Waals surface area contributed by atoms with E-state index in [9.17, 15) is 0 Å². The number of aryl methyl sites for hydroxylation is 1. The Morgan fingerprint density at radius 3 is 2.70 bits per heavy atom. The SMILES string of the molecule is CCOc1cc(CNCc2cc(C)no2)ccc1OC. The minimum Gasteiger partial charge on any atom is -0.493 e. The van der Waals surface area contributed by atoms with Crippen LogP contribution in [0.3, 0.4) is 0 Å². The summed E-state index contributed by atoms with van der Waals surface area (Å²) in [6.45, 7) is 5.85. The van der Waals surface area contributed by atoms with Gasteiger partial charge in [0.2, 0.25) is 0 Å². The van der Waals surface area contributed by atoms with Crippen molar-refractivity contribution in [1.82, 2.24) is 10.5 Å². The van der Waals surface area contributed by atoms with Gasteiger partial charge in [0.1, 0.15) is 0 Å². The predicted molar refractivity (Wildman–Crippen MR) is 75.9 cm³/mol. The summed E-state index contributed by atoms with van der Waals surface area (Å²) >= 11 is 0. The molecule has 0 bridgehead atoms. The summed E-state index contributed by atoms with van der Waals surface area (Å²) in [4.78, 5) is 0. The van der Waals surface area contributed by atoms with Crippen LogP contribution in [0, 0.1) is 6.92 Å². The molecule has 5 nitrogen and oxygen atoms in total. The summed E-state index contributed by atoms with van der Waals surface area (Å²) in [6.07, 6.45) is 0. The van der Waals surface area contributed by atoms with Gasteiger partial charge in [-0.3, -0.25) is 0 Å². The lowest BCUT2D eigenvalue weighted by Gasteiger charge is -2.11. The number of hydrogen-bond donors (Lipinski definition) is 1. The predicted octanol–water partition coefficient (Wildman–Crippen LogP) is 2.68. The Morgan fingerprint density at radius 2 is 2.05 bits per heavy atom. The molecule has 2 rings (SSSR count). The van der Waals surface area contributed by atoms with Crippen molar-refractivity contribution in [3.63, 3.8) is 0 Å². The number of rotatable bonds is 7. The van der Waals surface area contributed by atoms with Crippen molar-refractivity contribution in [1.29, 1.82) is 0 Å². The highest BCUT2D eigenvalue weighted by Crippen LogP contribution is 2.27. The first-order valence-corrected chi connectivity index (χ1v) is 6.65. The van der Waals surface area contributed by atoms with Crippen LogP contribution in [0.15, 0.2) is 28.8 Å². The van der Waals surface area contributed by atoms with Gasteiger partial charge in [0, 0.05) is 12.6 Å². The number of aromatic nitrogens is 1. The molecule has 1 heterocycles. The molecule has 20 heavy (non-hydrogen) atoms. The van der Waals surface area contributed by atoms with Gasteiger partial charge in [-0.1, -0.05) is 11.2 Å². The second kappa shape index (κ2) is 6.96. The first kappa shape index (κ1) is 14.4. The van der Waals surface area contributed by atoms with Crippen molar-refractivity contribution in [2.75, 3.05) is 13.7 Å². The van der Waals surface area contributed by atoms with E-state index >= 15 is 0 Å². The smallest absolute Gasteiger partial charge is 0.161 e. The van der Waals surface area contributed by atoms with Crippen LogP contribution in [-0.4, -0.2) is 18.9 Å². The lowest BCUT2D eigenvalue weighted by molar-refractivity contribution is 0.310. The number of hydrogen-bond acceptors (Lipinski definition) is 5. The van der Waals surface area contributed by atoms with E-state index < -0.39 is 0 Å². The highest BCUT2D eigenvalue weighted by molar-refractivity contribution is 5.42. The van der Waals surface area contributed by atoms with E-state index in [4.69, 9.17) is 14.0 Å². The van der Waals surface area contributed by atoms with Gasteiger partial charge in [0.25, 0.3) is 0 Å². The summed E-state index contributed by atoms with van der Waals surface area (Å²) < 4.78 is 16.0. The highest BCUT2D eigenvalue weighted by atomic mass is 16.5. The van der Waals surface area contributed by atoms with E-state index in [1.165, 1.54) is 0 Å². The molecule has 2 aromatic rings. The lowest BCUT2D eigenvalue weighted by Crippen LogP contribution is -2.12. The van der Waals surface area contributed by atoms with Crippen LogP contribution in [0.2, 0.25) is 0 Å². The summed E-state index contributed by atoms with van der Waals surface area (Å²) in [7, 11) is 1.64. The fourth-order valence-electron chi connectivity index (χ4n) is 1.93. The number of nitrogens with zero attached hydrogens (tertiary/aromatic N) is 1. The lowest BCUT2D eigenvalue weighted by atomic mass is 10.2. The molecule has 0 fully saturated rings. The zero-order valence-corrected chi connectivity index (χ0v) is 12.1. The molecular formula is C15H20N2O3. The van der Waals surface area contributed by atoms with Crippen LogP contribution in [0.1, 0.15) is 23.9 Å². The standard InChI is InChI=1S/C15H20N2O3/c1-4-19-15-8-12(5-6-14(15)18-3)9-16-10-13-7-11(2)17-20-13/h5-8,16H,4,9-10H2,1-3H3. The molecule has 0 aliphatic carbocycles. The zero-order chi connectivity index (χ0) is 14.4. The molecule has 1 N–H and O–H groups in total. The molecule has 1 aromatic carbocycles. The quantitative estimate of drug-likeness (QED) is 0.842. The number of methoxy groups -OCH3 is 1. The Bertz CT molecular complexity index is 552. The van der Waals surface area contributed by atoms with Gasteiger partial charge in [0.15, 0.2) is 17.3 Å². The monoisotopic (exact) mass is 276 g/mol. The number of nitrogens with one attached hydrogen (secondary N) is 1. The second-order valence-corrected chi connectivity index (χ2v) is 4.46. The Kier molecular flexibility index (Phi) is 5.01. The molecule has 5 heteroatoms. The molecule has 0 atom stereocenters. The summed E-state index contributed by atoms with van der Waals surface area (Å²) in [5.74, 6) is 2.35. The van der Waals surface area contributed by atoms with E-state index in [2.05, 4.69) is 10.5 Å². The molecule has 0 spiro atoms. The van der Waals surface area contributed by atoms with Gasteiger partial charge in [-0.25, -0.2) is 0 Å². The maximum absolute atomic E-state index is 5.56. The van der Waals surface area contributed by atoms with Crippen molar-refractivity contribution in [2.45, 2.75) is 26.9 Å². The average Bonchev–Trinajstić information content (AvgIpc) is 2.85. The van der Waals surface area contributed by atoms with Crippen molar-refractivity contribution >= 4 is 0 Å². The average molecular weight is 276 g/mol. The molecule has 0 unspecified atom stereocenters. The van der Waals surface area contributed by atoms with E-state index in [0.29, 0.717) is 13.2 Å². The van der Waals surface area contributed by atoms with Gasteiger partial charge in [-0.2, -0.15) is 0 Å². The van der Waals surface area contributed by atoms with Crippen LogP contribution in [0.5, 0.6) is 11.5 Å². The second-order valence-electron chi connectivity index (χ2n) is 4.46. The molecule has 0 aliphatic rings. The molecule has 108 valence electrons. The fourth-order valence-corrected chi connectivity index (χ4v) is 1.93. The zero-order valence-electron chi connectivity index (χ0n) is 12.1. The number of ether oxygens (including phenoxy) is 2. The van der Waals surface area contributed by atoms with Crippen molar-refractivity contribution in [3.8, 4) is 11.5 Å². The fraction of sp³-hybridized carbons (Fsp3) is 0.400. The Morgan fingerprint density at radius 1 is 1.20 bits per heavy atom. The Labute approximate surface area is 118 Å². The van der Waals surface area contributed by atoms with Gasteiger partial charge in [0.05, 0.1) is 26.0 Å². The summed E-state index contributed by atoms with van der Waals surface area (Å²) in [6, 6.07) is 7.84. The summed E-state index contributed by atoms with van der Waals surface area (Å²) in [5, 5.41) is 7.16. The van der Waals surface area contributed by atoms with E-state index in [1.54, 1.807) is 7.11 Å². The van der Waals surface area contributed by atoms with Crippen LogP contribution < -0.4 is 14.8 Å². The summed E-state index contributed by atoms with van der Waals surface area (Å²) in [5.41, 5.74) is 2.02. The van der Waals surface area contributed by atoms with E-state index in [1.807, 2.05) is 38.1 Å². The topological polar surface area (TPSA) is 56.5 Å². The molecule has 0 aliphatic heterocycles. The molecule has 1 aromatic heterocycles. The Balaban J connectivity index is 1.93. The van der Waals surface area contributed by atoms with E-state index in [0.717, 1.165) is 35.1 Å². The molecule has 0 saturated carbocycles. The van der Waals surface area contributed by atoms with Crippen molar-refractivity contribution < 1.29 is 14.0 Å². The van der Waals surface area contributed by atoms with Gasteiger partial charge in [-0.15, -0.1) is 0 Å². The van der Waals surface area contributed by atoms with Crippen molar-refractivity contribution in [3.05, 3.63) is 41.3 Å². The van der Waals surface area contributed by atoms with Gasteiger partial charge >= 0.3 is 0 Å². The van der Waals surface area contributed by atoms with Crippen LogP contribution >= 0.6 is 0 Å². The minimum absolute atomic E-state index is 0.616. The van der Waals surface area contributed by atoms with Crippen LogP contribution in [0.25, 0.3) is 0 Å². The van der Waals surface area contributed by atoms with Crippen LogP contribution in [0.4, 0.5) is 0 Å². The number of benzene rings is 1. The molecule has 0 amide bonds. The third-order valence-corrected chi connectivity index (χ3v) is 2.83. The van der Waals surface area contributed by atoms with Crippen LogP contribution in [-0.2, 0) is 13.1 Å². The largest absolute Gasteiger partial charge is 0.493 e. The maximum Gasteiger partial charge on any atom is 0.161 e. The molecule has 0 saturated heterocycles. The minimum atomic E-state index is 0.616. The Hall–Kier alpha value is -2.01. The van der Waals surface area contributed by atoms with E-state index in [-0.39, 0.29) is 0 Å². The first-order chi connectivity index (χ1) is 9.72. The van der Waals surface area contributed by atoms with Crippen molar-refractivity contribution in [2.24, 2.45) is 0 Å². The third-order valence-electron chi connectivity index (χ3n) is 2.83. The van der Waals surface area contributed by atoms with Gasteiger partial charge < -0.3 is 19.3 Å². The molecule has 0 radical (unpaired) electrons. The maximum atomic E-state index is 5.56. The normalized spacial score (nSPS) is 10.6. The molecular weight excluding hydrogens is 256 g/mol. The highest BCUT2D eigenvalue weighted by Gasteiger charge is 2.06. The first-order valence-electron chi connectivity index (χ1n) is 6.65.